The number of primary sulfonamides is 1. The third-order valence-corrected chi connectivity index (χ3v) is 21.5. The average Bonchev–Trinajstić information content (AvgIpc) is 1.59. The zero-order chi connectivity index (χ0) is 84.0. The van der Waals surface area contributed by atoms with Gasteiger partial charge in [0.05, 0.1) is 79.8 Å². The first-order valence-corrected chi connectivity index (χ1v) is 38.4. The van der Waals surface area contributed by atoms with Crippen LogP contribution < -0.4 is 35.9 Å². The summed E-state index contributed by atoms with van der Waals surface area (Å²) in [5.41, 5.74) is -7.09. The number of ether oxygens (including phenoxy) is 4. The number of aryl methyl sites for hydroxylation is 1. The smallest absolute Gasteiger partial charge is 0.461 e. The number of Topliss-reactive ketones (excluding diaryl/α,β-unsaturated/α-hetero) is 1. The van der Waals surface area contributed by atoms with Gasteiger partial charge in [0.25, 0.3) is 5.91 Å². The lowest BCUT2D eigenvalue weighted by atomic mass is 9.77. The number of rotatable bonds is 31. The molecule has 3 saturated heterocycles. The Kier molecular flexibility index (Phi) is 27.5. The zero-order valence-electron chi connectivity index (χ0n) is 63.0. The number of alkyl carbamates (subject to hydrolysis) is 2. The zero-order valence-corrected chi connectivity index (χ0v) is 64.7. The Balaban J connectivity index is 1.16. The van der Waals surface area contributed by atoms with E-state index >= 15 is 44.7 Å². The number of hydrazine groups is 1. The van der Waals surface area contributed by atoms with Crippen molar-refractivity contribution in [1.82, 2.24) is 51.0 Å². The Labute approximate surface area is 648 Å². The first-order chi connectivity index (χ1) is 53.1. The maximum absolute atomic E-state index is 16.9. The Hall–Kier alpha value is -9.81. The van der Waals surface area contributed by atoms with E-state index in [4.69, 9.17) is 19.1 Å². The predicted octanol–water partition coefficient (Wildman–Crippen LogP) is 9.31. The van der Waals surface area contributed by atoms with Crippen LogP contribution in [0.2, 0.25) is 0 Å². The van der Waals surface area contributed by atoms with Crippen LogP contribution in [-0.2, 0) is 84.1 Å². The highest BCUT2D eigenvalue weighted by atomic mass is 32.2. The van der Waals surface area contributed by atoms with Crippen molar-refractivity contribution >= 4 is 59.5 Å². The van der Waals surface area contributed by atoms with Crippen molar-refractivity contribution < 1.29 is 119 Å². The van der Waals surface area contributed by atoms with Gasteiger partial charge in [-0.2, -0.15) is 40.2 Å². The molecular formula is C74H85F10N12O16PS. The van der Waals surface area contributed by atoms with E-state index in [2.05, 4.69) is 56.9 Å². The standard InChI is InChI=1S/C74H85F10N12O16PS/c1-41-24-48(30-60(98)86-32-44-16-20-52(21-17-44)114(85,106)107)62(58(25-41)112-113(103,104)105)70(2,3)31-61(99)111-59(38-94(92-65(100)64(90-69(102)109-9)72(6,7)74(82,83)84)37-53-54(75)27-46(28-55(53)76)56-22-23-95(91-56)66(77)78)47(29-57(97)63(89-68(101)108-8)71(4,5)73(79,80)81)26-43-13-10-42(11-14-43)12-15-45-33-87-67(88-34-45)93-35-49-18-19-50(36-93)96(49)51-39-110-40-51/h10-11,13-14,16-17,20-25,27-28,33-34,47,49-51,59,63-64,66H,18-19,26,29-32,35-40H2,1-9H3,(H,86,98)(H,89,101)(H,90,102)(H,92,100)(H2,85,106,107)(H2,103,104,105)/t47-,49?,50?,59+,63-,64-/m1/s1. The molecule has 4 aromatic carbocycles. The number of carbonyl (C=O) groups is 6. The van der Waals surface area contributed by atoms with Crippen molar-refractivity contribution in [2.24, 2.45) is 21.9 Å². The lowest BCUT2D eigenvalue weighted by Gasteiger charge is -2.47. The summed E-state index contributed by atoms with van der Waals surface area (Å²) in [6.45, 7) is 2.80. The van der Waals surface area contributed by atoms with Crippen LogP contribution in [-0.4, -0.2) is 179 Å². The summed E-state index contributed by atoms with van der Waals surface area (Å²) in [5, 5.41) is 15.7. The Morgan fingerprint density at radius 3 is 1.86 bits per heavy atom. The number of phosphoric acid groups is 1. The van der Waals surface area contributed by atoms with Crippen LogP contribution in [0.4, 0.5) is 59.4 Å². The minimum Gasteiger partial charge on any atom is -0.461 e. The fourth-order valence-electron chi connectivity index (χ4n) is 13.8. The molecule has 3 aliphatic heterocycles. The molecule has 0 saturated carbocycles. The van der Waals surface area contributed by atoms with Gasteiger partial charge in [-0.05, 0) is 125 Å². The number of nitrogens with two attached hydrogens (primary N) is 1. The second-order valence-electron chi connectivity index (χ2n) is 29.7. The molecule has 2 unspecified atom stereocenters. The fraction of sp³-hybridized carbons (Fsp3) is 0.473. The van der Waals surface area contributed by atoms with Crippen molar-refractivity contribution in [1.29, 1.82) is 0 Å². The molecule has 618 valence electrons. The molecule has 3 aliphatic rings. The van der Waals surface area contributed by atoms with E-state index in [1.54, 1.807) is 5.32 Å². The molecule has 114 heavy (non-hydrogen) atoms. The van der Waals surface area contributed by atoms with Gasteiger partial charge in [-0.15, -0.1) is 0 Å². The van der Waals surface area contributed by atoms with Gasteiger partial charge in [-0.25, -0.2) is 56.2 Å². The summed E-state index contributed by atoms with van der Waals surface area (Å²) in [5.74, 6) is -4.60. The van der Waals surface area contributed by atoms with Gasteiger partial charge < -0.3 is 44.3 Å². The van der Waals surface area contributed by atoms with Crippen LogP contribution in [0, 0.1) is 47.1 Å². The number of benzene rings is 4. The molecule has 2 bridgehead atoms. The van der Waals surface area contributed by atoms with Crippen LogP contribution in [0.15, 0.2) is 102 Å². The fourth-order valence-corrected chi connectivity index (χ4v) is 14.7. The van der Waals surface area contributed by atoms with Gasteiger partial charge in [-0.3, -0.25) is 39.3 Å². The number of hydrogen-bond acceptors (Lipinski definition) is 20. The van der Waals surface area contributed by atoms with E-state index in [1.807, 2.05) is 5.32 Å². The Morgan fingerprint density at radius 2 is 1.33 bits per heavy atom. The van der Waals surface area contributed by atoms with Crippen LogP contribution in [0.25, 0.3) is 11.3 Å². The number of aromatic nitrogens is 4. The Bertz CT molecular complexity index is 4710. The predicted molar refractivity (Wildman–Crippen MR) is 387 cm³/mol. The maximum atomic E-state index is 16.9. The summed E-state index contributed by atoms with van der Waals surface area (Å²) < 4.78 is 216. The second-order valence-corrected chi connectivity index (χ2v) is 32.4. The van der Waals surface area contributed by atoms with Crippen molar-refractivity contribution in [3.63, 3.8) is 0 Å². The van der Waals surface area contributed by atoms with E-state index in [0.717, 1.165) is 45.4 Å². The topological polar surface area (TPSA) is 368 Å². The normalized spacial score (nSPS) is 16.9. The number of amides is 4. The molecule has 8 N–H and O–H groups in total. The number of phosphoric ester groups is 1. The largest absolute Gasteiger partial charge is 0.524 e. The summed E-state index contributed by atoms with van der Waals surface area (Å²) in [6.07, 6.45) is -13.8. The summed E-state index contributed by atoms with van der Waals surface area (Å²) >= 11 is 0. The number of nitrogens with zero attached hydrogens (tertiary/aromatic N) is 7. The quantitative estimate of drug-likeness (QED) is 0.00532. The number of sulfonamides is 1. The third kappa shape index (κ3) is 22.0. The van der Waals surface area contributed by atoms with Crippen molar-refractivity contribution in [3.05, 3.63) is 154 Å². The molecule has 0 aliphatic carbocycles. The number of nitrogens with one attached hydrogen (secondary N) is 4. The molecular weight excluding hydrogens is 1570 g/mol. The SMILES string of the molecule is COC(=O)N[C@H](C(=O)C[C@@H](Cc1ccc(C#Cc2cnc(N3CC4CCC(C3)N4C3COC3)nc2)cc1)[C@H](CN(Cc1c(F)cc(-c2ccn(C(F)F)n2)cc1F)NC(=O)[C@@H](NC(=O)OC)C(C)(C)C(F)(F)F)OC(=O)CC(C)(C)c1c(CC(=O)NCc2ccc(S(N)(=O)=O)cc2)cc(C)cc1OP(=O)(O)O)C(C)(C)C(F)(F)F. The van der Waals surface area contributed by atoms with E-state index in [9.17, 15) is 50.7 Å². The summed E-state index contributed by atoms with van der Waals surface area (Å²) in [4.78, 5) is 120. The number of ketones is 1. The minimum absolute atomic E-state index is 0.0519. The van der Waals surface area contributed by atoms with Gasteiger partial charge in [0.1, 0.15) is 35.6 Å². The van der Waals surface area contributed by atoms with Crippen LogP contribution >= 0.6 is 7.82 Å². The molecule has 28 nitrogen and oxygen atoms in total. The number of alkyl halides is 8. The third-order valence-electron chi connectivity index (χ3n) is 20.1. The number of anilines is 1. The molecule has 3 fully saturated rings. The van der Waals surface area contributed by atoms with Gasteiger partial charge in [-0.1, -0.05) is 56.0 Å². The molecule has 0 radical (unpaired) electrons. The molecule has 6 atom stereocenters. The molecule has 2 aromatic heterocycles. The Morgan fingerprint density at radius 1 is 0.772 bits per heavy atom. The van der Waals surface area contributed by atoms with Crippen molar-refractivity contribution in [3.8, 4) is 28.8 Å². The van der Waals surface area contributed by atoms with Gasteiger partial charge in [0.15, 0.2) is 5.78 Å². The van der Waals surface area contributed by atoms with Crippen molar-refractivity contribution in [2.75, 3.05) is 52.0 Å². The number of piperazine rings is 1. The van der Waals surface area contributed by atoms with Crippen LogP contribution in [0.1, 0.15) is 118 Å². The number of carbonyl (C=O) groups excluding carboxylic acids is 6. The number of hydrogen-bond donors (Lipinski definition) is 7. The van der Waals surface area contributed by atoms with E-state index in [-0.39, 0.29) is 38.4 Å². The van der Waals surface area contributed by atoms with Crippen LogP contribution in [0.3, 0.4) is 0 Å². The highest BCUT2D eigenvalue weighted by molar-refractivity contribution is 7.89. The molecule has 6 aromatic rings. The molecule has 4 amide bonds. The van der Waals surface area contributed by atoms with Gasteiger partial charge in [0.2, 0.25) is 21.9 Å². The first-order valence-electron chi connectivity index (χ1n) is 35.4. The van der Waals surface area contributed by atoms with Crippen LogP contribution in [0.5, 0.6) is 5.75 Å². The second kappa shape index (κ2) is 35.5. The van der Waals surface area contributed by atoms with Gasteiger partial charge in [0, 0.05) is 96.9 Å². The summed E-state index contributed by atoms with van der Waals surface area (Å²) in [7, 11) is -8.20. The van der Waals surface area contributed by atoms with Crippen molar-refractivity contribution in [2.45, 2.75) is 166 Å². The lowest BCUT2D eigenvalue weighted by molar-refractivity contribution is -0.221. The van der Waals surface area contributed by atoms with E-state index in [1.165, 1.54) is 87.8 Å². The average molecular weight is 1650 g/mol. The van der Waals surface area contributed by atoms with Gasteiger partial charge >= 0.3 is 44.9 Å². The molecule has 9 rings (SSSR count). The number of methoxy groups -OCH3 is 2. The highest BCUT2D eigenvalue weighted by Crippen LogP contribution is 2.47. The first kappa shape index (κ1) is 88.1. The summed E-state index contributed by atoms with van der Waals surface area (Å²) in [6, 6.07) is 11.2. The molecule has 0 spiro atoms. The van der Waals surface area contributed by atoms with E-state index in [0.29, 0.717) is 112 Å². The number of halogens is 10. The number of esters is 1. The van der Waals surface area contributed by atoms with E-state index < -0.39 is 186 Å². The molecule has 5 heterocycles. The monoisotopic (exact) mass is 1650 g/mol. The maximum Gasteiger partial charge on any atom is 0.524 e. The highest BCUT2D eigenvalue weighted by Gasteiger charge is 2.58. The minimum atomic E-state index is -5.58. The molecule has 40 heteroatoms. The number of fused-ring (bicyclic) bond motifs is 2. The lowest BCUT2D eigenvalue weighted by Crippen LogP contribution is -2.62.